The van der Waals surface area contributed by atoms with Gasteiger partial charge in [0.1, 0.15) is 28.2 Å². The Morgan fingerprint density at radius 1 is 1.06 bits per heavy atom. The zero-order chi connectivity index (χ0) is 25.6. The molecule has 186 valence electrons. The van der Waals surface area contributed by atoms with E-state index in [9.17, 15) is 22.0 Å². The average Bonchev–Trinajstić information content (AvgIpc) is 3.10. The third-order valence-electron chi connectivity index (χ3n) is 5.71. The third kappa shape index (κ3) is 4.36. The van der Waals surface area contributed by atoms with Crippen molar-refractivity contribution in [3.8, 4) is 17.0 Å². The maximum atomic E-state index is 14.7. The SMILES string of the molecule is COc1ccc(Cn2nc(C(F)(F)F)c3c2-c2cc(Br)ncc2NC(c2c(F)cccc2F)N3)cc1. The maximum Gasteiger partial charge on any atom is 0.437 e. The molecular weight excluding hydrogens is 549 g/mol. The van der Waals surface area contributed by atoms with Gasteiger partial charge in [-0.2, -0.15) is 18.3 Å². The van der Waals surface area contributed by atoms with E-state index in [1.165, 1.54) is 30.1 Å². The van der Waals surface area contributed by atoms with Crippen LogP contribution in [-0.4, -0.2) is 21.9 Å². The second kappa shape index (κ2) is 9.08. The van der Waals surface area contributed by atoms with Crippen molar-refractivity contribution in [2.45, 2.75) is 18.9 Å². The normalized spacial score (nSPS) is 14.8. The van der Waals surface area contributed by atoms with Crippen molar-refractivity contribution < 1.29 is 26.7 Å². The summed E-state index contributed by atoms with van der Waals surface area (Å²) in [6.45, 7) is -0.0117. The number of nitrogens with one attached hydrogen (secondary N) is 2. The van der Waals surface area contributed by atoms with Crippen molar-refractivity contribution in [2.75, 3.05) is 17.7 Å². The summed E-state index contributed by atoms with van der Waals surface area (Å²) in [5.74, 6) is -1.25. The number of nitrogens with zero attached hydrogens (tertiary/aromatic N) is 3. The molecule has 12 heteroatoms. The minimum Gasteiger partial charge on any atom is -0.497 e. The monoisotopic (exact) mass is 565 g/mol. The Morgan fingerprint density at radius 3 is 2.39 bits per heavy atom. The number of fused-ring (bicyclic) bond motifs is 3. The van der Waals surface area contributed by atoms with Crippen LogP contribution in [0.1, 0.15) is 23.0 Å². The highest BCUT2D eigenvalue weighted by atomic mass is 79.9. The van der Waals surface area contributed by atoms with E-state index in [1.54, 1.807) is 24.3 Å². The van der Waals surface area contributed by atoms with Gasteiger partial charge in [0.25, 0.3) is 0 Å². The van der Waals surface area contributed by atoms with Crippen LogP contribution in [-0.2, 0) is 12.7 Å². The van der Waals surface area contributed by atoms with Crippen LogP contribution in [0.15, 0.2) is 59.3 Å². The van der Waals surface area contributed by atoms with Gasteiger partial charge in [-0.15, -0.1) is 0 Å². The number of pyridine rings is 1. The highest BCUT2D eigenvalue weighted by Crippen LogP contribution is 2.47. The van der Waals surface area contributed by atoms with Crippen LogP contribution in [0.5, 0.6) is 5.75 Å². The van der Waals surface area contributed by atoms with Gasteiger partial charge in [-0.3, -0.25) is 4.68 Å². The van der Waals surface area contributed by atoms with Gasteiger partial charge in [0.2, 0.25) is 0 Å². The molecule has 1 aliphatic heterocycles. The first-order valence-electron chi connectivity index (χ1n) is 10.6. The van der Waals surface area contributed by atoms with E-state index in [2.05, 4.69) is 36.6 Å². The van der Waals surface area contributed by atoms with Gasteiger partial charge in [-0.1, -0.05) is 18.2 Å². The number of methoxy groups -OCH3 is 1. The first kappa shape index (κ1) is 24.0. The fourth-order valence-corrected chi connectivity index (χ4v) is 4.43. The Kier molecular flexibility index (Phi) is 6.07. The molecule has 0 radical (unpaired) electrons. The number of alkyl halides is 3. The highest BCUT2D eigenvalue weighted by molar-refractivity contribution is 9.10. The molecule has 36 heavy (non-hydrogen) atoms. The van der Waals surface area contributed by atoms with Crippen LogP contribution >= 0.6 is 15.9 Å². The zero-order valence-corrected chi connectivity index (χ0v) is 20.1. The predicted octanol–water partition coefficient (Wildman–Crippen LogP) is 6.60. The first-order valence-corrected chi connectivity index (χ1v) is 11.4. The molecule has 0 bridgehead atoms. The molecule has 2 aromatic heterocycles. The van der Waals surface area contributed by atoms with Crippen molar-refractivity contribution in [3.05, 3.63) is 87.8 Å². The van der Waals surface area contributed by atoms with E-state index in [0.717, 1.165) is 12.1 Å². The topological polar surface area (TPSA) is 64.0 Å². The number of halogens is 6. The summed E-state index contributed by atoms with van der Waals surface area (Å²) in [6.07, 6.45) is -4.86. The molecule has 0 spiro atoms. The van der Waals surface area contributed by atoms with Gasteiger partial charge in [0.05, 0.1) is 42.5 Å². The molecule has 4 aromatic rings. The molecule has 0 saturated carbocycles. The Hall–Kier alpha value is -3.67. The zero-order valence-electron chi connectivity index (χ0n) is 18.5. The number of rotatable bonds is 4. The quantitative estimate of drug-likeness (QED) is 0.216. The van der Waals surface area contributed by atoms with E-state index < -0.39 is 40.9 Å². The van der Waals surface area contributed by atoms with E-state index in [-0.39, 0.29) is 17.9 Å². The first-order chi connectivity index (χ1) is 17.2. The van der Waals surface area contributed by atoms with Crippen molar-refractivity contribution in [2.24, 2.45) is 0 Å². The van der Waals surface area contributed by atoms with Gasteiger partial charge >= 0.3 is 6.18 Å². The summed E-state index contributed by atoms with van der Waals surface area (Å²) in [7, 11) is 1.51. The molecule has 0 fully saturated rings. The average molecular weight is 566 g/mol. The molecule has 1 unspecified atom stereocenters. The standard InChI is InChI=1S/C24H17BrF5N5O/c1-36-13-7-5-12(6-8-13)11-35-21-14-9-18(25)31-10-17(14)32-23(19-15(26)3-2-4-16(19)27)33-20(21)22(34-35)24(28,29)30/h2-10,23,32-33H,11H2,1H3. The van der Waals surface area contributed by atoms with Crippen molar-refractivity contribution in [3.63, 3.8) is 0 Å². The summed E-state index contributed by atoms with van der Waals surface area (Å²) in [5, 5.41) is 9.46. The fraction of sp³-hybridized carbons (Fsp3) is 0.167. The van der Waals surface area contributed by atoms with E-state index >= 15 is 0 Å². The molecule has 2 aromatic carbocycles. The van der Waals surface area contributed by atoms with E-state index in [0.29, 0.717) is 21.5 Å². The van der Waals surface area contributed by atoms with Crippen molar-refractivity contribution in [1.82, 2.24) is 14.8 Å². The summed E-state index contributed by atoms with van der Waals surface area (Å²) in [4.78, 5) is 4.14. The van der Waals surface area contributed by atoms with Crippen LogP contribution < -0.4 is 15.4 Å². The lowest BCUT2D eigenvalue weighted by Gasteiger charge is -2.22. The summed E-state index contributed by atoms with van der Waals surface area (Å²) in [5.41, 5.74) is -0.753. The van der Waals surface area contributed by atoms with Gasteiger partial charge in [0.15, 0.2) is 5.69 Å². The molecular formula is C24H17BrF5N5O. The summed E-state index contributed by atoms with van der Waals surface area (Å²) in [6, 6.07) is 11.6. The lowest BCUT2D eigenvalue weighted by atomic mass is 10.1. The lowest BCUT2D eigenvalue weighted by Crippen LogP contribution is -2.23. The second-order valence-corrected chi connectivity index (χ2v) is 8.80. The largest absolute Gasteiger partial charge is 0.497 e. The lowest BCUT2D eigenvalue weighted by molar-refractivity contribution is -0.140. The Bertz CT molecular complexity index is 1420. The van der Waals surface area contributed by atoms with Crippen LogP contribution in [0.4, 0.5) is 33.3 Å². The minimum absolute atomic E-state index is 0.0117. The molecule has 6 nitrogen and oxygen atoms in total. The Labute approximate surface area is 210 Å². The molecule has 0 aliphatic carbocycles. The highest BCUT2D eigenvalue weighted by Gasteiger charge is 2.42. The number of hydrogen-bond acceptors (Lipinski definition) is 5. The number of ether oxygens (including phenoxy) is 1. The summed E-state index contributed by atoms with van der Waals surface area (Å²) < 4.78 is 78.6. The van der Waals surface area contributed by atoms with Crippen molar-refractivity contribution in [1.29, 1.82) is 0 Å². The predicted molar refractivity (Wildman–Crippen MR) is 127 cm³/mol. The van der Waals surface area contributed by atoms with Gasteiger partial charge < -0.3 is 15.4 Å². The molecule has 5 rings (SSSR count). The van der Waals surface area contributed by atoms with Gasteiger partial charge in [-0.05, 0) is 51.8 Å². The van der Waals surface area contributed by atoms with E-state index in [1.807, 2.05) is 0 Å². The van der Waals surface area contributed by atoms with Gasteiger partial charge in [-0.25, -0.2) is 13.8 Å². The van der Waals surface area contributed by atoms with Crippen LogP contribution in [0.3, 0.4) is 0 Å². The van der Waals surface area contributed by atoms with Crippen LogP contribution in [0.2, 0.25) is 0 Å². The second-order valence-electron chi connectivity index (χ2n) is 7.99. The van der Waals surface area contributed by atoms with E-state index in [4.69, 9.17) is 4.74 Å². The number of aromatic nitrogens is 3. The van der Waals surface area contributed by atoms with Crippen LogP contribution in [0.25, 0.3) is 11.3 Å². The number of benzene rings is 2. The molecule has 2 N–H and O–H groups in total. The molecule has 0 saturated heterocycles. The molecule has 0 amide bonds. The molecule has 1 atom stereocenters. The Balaban J connectivity index is 1.73. The van der Waals surface area contributed by atoms with Crippen molar-refractivity contribution >= 4 is 27.3 Å². The molecule has 3 heterocycles. The van der Waals surface area contributed by atoms with Gasteiger partial charge in [0, 0.05) is 5.56 Å². The minimum atomic E-state index is -4.85. The smallest absolute Gasteiger partial charge is 0.437 e. The maximum absolute atomic E-state index is 14.7. The fourth-order valence-electron chi connectivity index (χ4n) is 4.10. The third-order valence-corrected chi connectivity index (χ3v) is 6.15. The van der Waals surface area contributed by atoms with Crippen LogP contribution in [0, 0.1) is 11.6 Å². The molecule has 1 aliphatic rings. The summed E-state index contributed by atoms with van der Waals surface area (Å²) >= 11 is 3.26. The number of hydrogen-bond donors (Lipinski definition) is 2. The Morgan fingerprint density at radius 2 is 1.75 bits per heavy atom. The number of anilines is 2.